The molecule has 1 N–H and O–H groups in total. The molecule has 3 aromatic rings. The second kappa shape index (κ2) is 11.6. The first-order chi connectivity index (χ1) is 17.7. The van der Waals surface area contributed by atoms with Crippen molar-refractivity contribution >= 4 is 16.0 Å². The maximum absolute atomic E-state index is 13.6. The molecule has 3 aromatic heterocycles. The number of rotatable bonds is 10. The van der Waals surface area contributed by atoms with E-state index < -0.39 is 21.4 Å². The van der Waals surface area contributed by atoms with Gasteiger partial charge in [0.2, 0.25) is 16.0 Å². The van der Waals surface area contributed by atoms with Crippen LogP contribution in [-0.2, 0) is 19.5 Å². The summed E-state index contributed by atoms with van der Waals surface area (Å²) in [4.78, 5) is 12.9. The minimum absolute atomic E-state index is 0.0837. The fourth-order valence-electron chi connectivity index (χ4n) is 4.67. The van der Waals surface area contributed by atoms with Crippen LogP contribution in [0.15, 0.2) is 30.9 Å². The first-order valence-electron chi connectivity index (χ1n) is 12.6. The Morgan fingerprint density at radius 3 is 2.51 bits per heavy atom. The number of nitrogens with zero attached hydrogens (tertiary/aromatic N) is 6. The Kier molecular flexibility index (Phi) is 8.50. The number of nitrogens with one attached hydrogen (secondary N) is 1. The fourth-order valence-corrected chi connectivity index (χ4v) is 5.81. The average Bonchev–Trinajstić information content (AvgIpc) is 3.29. The van der Waals surface area contributed by atoms with E-state index in [4.69, 9.17) is 9.47 Å². The predicted octanol–water partition coefficient (Wildman–Crippen LogP) is 3.79. The smallest absolute Gasteiger partial charge is 0.240 e. The van der Waals surface area contributed by atoms with Crippen LogP contribution < -0.4 is 4.72 Å². The fraction of sp³-hybridized carbons (Fsp3) is 0.560. The Balaban J connectivity index is 1.73. The molecule has 37 heavy (non-hydrogen) atoms. The summed E-state index contributed by atoms with van der Waals surface area (Å²) in [5.74, 6) is 0.956. The van der Waals surface area contributed by atoms with Crippen molar-refractivity contribution in [3.8, 4) is 11.4 Å². The Morgan fingerprint density at radius 1 is 1.14 bits per heavy atom. The topological polar surface area (TPSA) is 134 Å². The number of hydrogen-bond acceptors (Lipinski definition) is 9. The molecule has 11 nitrogen and oxygen atoms in total. The normalized spacial score (nSPS) is 18.8. The van der Waals surface area contributed by atoms with Crippen molar-refractivity contribution in [2.75, 3.05) is 18.4 Å². The summed E-state index contributed by atoms with van der Waals surface area (Å²) < 4.78 is 43.4. The van der Waals surface area contributed by atoms with Gasteiger partial charge in [-0.05, 0) is 63.6 Å². The quantitative estimate of drug-likeness (QED) is 0.416. The van der Waals surface area contributed by atoms with Gasteiger partial charge < -0.3 is 9.47 Å². The van der Waals surface area contributed by atoms with Gasteiger partial charge in [-0.2, -0.15) is 0 Å². The summed E-state index contributed by atoms with van der Waals surface area (Å²) in [7, 11) is -2.55. The maximum atomic E-state index is 13.6. The molecule has 12 heteroatoms. The molecule has 4 rings (SSSR count). The Hall–Kier alpha value is -2.96. The first kappa shape index (κ1) is 27.1. The van der Waals surface area contributed by atoms with Crippen molar-refractivity contribution in [1.29, 1.82) is 0 Å². The monoisotopic (exact) mass is 529 g/mol. The van der Waals surface area contributed by atoms with E-state index in [2.05, 4.69) is 36.8 Å². The summed E-state index contributed by atoms with van der Waals surface area (Å²) in [6, 6.07) is 1.79. The van der Waals surface area contributed by atoms with E-state index in [-0.39, 0.29) is 18.1 Å². The highest BCUT2D eigenvalue weighted by Crippen LogP contribution is 2.34. The molecule has 0 unspecified atom stereocenters. The van der Waals surface area contributed by atoms with Crippen molar-refractivity contribution in [2.45, 2.75) is 76.9 Å². The molecule has 1 fully saturated rings. The van der Waals surface area contributed by atoms with E-state index in [1.54, 1.807) is 31.7 Å². The predicted molar refractivity (Wildman–Crippen MR) is 139 cm³/mol. The lowest BCUT2D eigenvalue weighted by atomic mass is 9.99. The van der Waals surface area contributed by atoms with Gasteiger partial charge in [0.15, 0.2) is 11.6 Å². The van der Waals surface area contributed by atoms with Crippen LogP contribution in [0.2, 0.25) is 0 Å². The lowest BCUT2D eigenvalue weighted by molar-refractivity contribution is -0.0169. The van der Waals surface area contributed by atoms with E-state index in [9.17, 15) is 8.42 Å². The number of pyridine rings is 1. The molecule has 4 atom stereocenters. The van der Waals surface area contributed by atoms with E-state index in [0.29, 0.717) is 24.7 Å². The van der Waals surface area contributed by atoms with Crippen molar-refractivity contribution in [2.24, 2.45) is 0 Å². The molecule has 0 radical (unpaired) electrons. The SMILES string of the molecule is CC[C@H]([C@@H]1CCCCO1)n1c(NS(=O)(=O)[C@@H](C)[C@H](OC)c2ncc(C)cn2)nnc1-c1cncc(C)c1. The molecule has 0 saturated carbocycles. The van der Waals surface area contributed by atoms with Crippen LogP contribution in [-0.4, -0.2) is 63.2 Å². The van der Waals surface area contributed by atoms with E-state index >= 15 is 0 Å². The van der Waals surface area contributed by atoms with Crippen LogP contribution in [0.25, 0.3) is 11.4 Å². The Labute approximate surface area is 218 Å². The highest BCUT2D eigenvalue weighted by Gasteiger charge is 2.36. The van der Waals surface area contributed by atoms with Crippen molar-refractivity contribution < 1.29 is 17.9 Å². The van der Waals surface area contributed by atoms with Gasteiger partial charge in [0.1, 0.15) is 11.4 Å². The molecule has 4 heterocycles. The second-order valence-electron chi connectivity index (χ2n) is 9.48. The molecule has 0 aromatic carbocycles. The van der Waals surface area contributed by atoms with Crippen LogP contribution in [0.4, 0.5) is 5.95 Å². The Bertz CT molecular complexity index is 1290. The average molecular weight is 530 g/mol. The number of aromatic nitrogens is 6. The van der Waals surface area contributed by atoms with Crippen LogP contribution in [0.5, 0.6) is 0 Å². The zero-order chi connectivity index (χ0) is 26.6. The molecule has 200 valence electrons. The molecule has 1 saturated heterocycles. The zero-order valence-electron chi connectivity index (χ0n) is 22.0. The second-order valence-corrected chi connectivity index (χ2v) is 11.5. The van der Waals surface area contributed by atoms with Crippen molar-refractivity contribution in [1.82, 2.24) is 29.7 Å². The lowest BCUT2D eigenvalue weighted by Gasteiger charge is -2.32. The molecular formula is C25H35N7O4S. The molecule has 0 aliphatic carbocycles. The number of ether oxygens (including phenoxy) is 2. The molecule has 0 amide bonds. The van der Waals surface area contributed by atoms with Crippen LogP contribution >= 0.6 is 0 Å². The van der Waals surface area contributed by atoms with Gasteiger partial charge in [-0.1, -0.05) is 6.92 Å². The third-order valence-corrected chi connectivity index (χ3v) is 8.37. The number of methoxy groups -OCH3 is 1. The van der Waals surface area contributed by atoms with Crippen LogP contribution in [0.1, 0.15) is 68.6 Å². The zero-order valence-corrected chi connectivity index (χ0v) is 22.8. The highest BCUT2D eigenvalue weighted by molar-refractivity contribution is 7.93. The van der Waals surface area contributed by atoms with Gasteiger partial charge in [0, 0.05) is 44.1 Å². The maximum Gasteiger partial charge on any atom is 0.240 e. The third-order valence-electron chi connectivity index (χ3n) is 6.68. The number of aryl methyl sites for hydroxylation is 2. The lowest BCUT2D eigenvalue weighted by Crippen LogP contribution is -2.35. The molecule has 1 aliphatic rings. The number of sulfonamides is 1. The molecular weight excluding hydrogens is 494 g/mol. The minimum Gasteiger partial charge on any atom is -0.376 e. The van der Waals surface area contributed by atoms with Gasteiger partial charge in [0.05, 0.1) is 12.1 Å². The van der Waals surface area contributed by atoms with Crippen molar-refractivity contribution in [3.63, 3.8) is 0 Å². The van der Waals surface area contributed by atoms with Gasteiger partial charge in [-0.15, -0.1) is 10.2 Å². The largest absolute Gasteiger partial charge is 0.376 e. The summed E-state index contributed by atoms with van der Waals surface area (Å²) in [6.07, 6.45) is 9.42. The summed E-state index contributed by atoms with van der Waals surface area (Å²) in [5, 5.41) is 7.68. The van der Waals surface area contributed by atoms with Crippen LogP contribution in [0.3, 0.4) is 0 Å². The van der Waals surface area contributed by atoms with Gasteiger partial charge >= 0.3 is 0 Å². The van der Waals surface area contributed by atoms with E-state index in [1.807, 2.05) is 24.5 Å². The summed E-state index contributed by atoms with van der Waals surface area (Å²) >= 11 is 0. The van der Waals surface area contributed by atoms with Gasteiger partial charge in [0.25, 0.3) is 0 Å². The summed E-state index contributed by atoms with van der Waals surface area (Å²) in [5.41, 5.74) is 2.59. The number of anilines is 1. The number of hydrogen-bond donors (Lipinski definition) is 1. The molecule has 0 bridgehead atoms. The van der Waals surface area contributed by atoms with Gasteiger partial charge in [-0.3, -0.25) is 14.3 Å². The van der Waals surface area contributed by atoms with E-state index in [1.165, 1.54) is 7.11 Å². The highest BCUT2D eigenvalue weighted by atomic mass is 32.2. The van der Waals surface area contributed by atoms with Crippen LogP contribution in [0, 0.1) is 13.8 Å². The van der Waals surface area contributed by atoms with E-state index in [0.717, 1.165) is 36.0 Å². The molecule has 1 aliphatic heterocycles. The Morgan fingerprint density at radius 2 is 1.89 bits per heavy atom. The third kappa shape index (κ3) is 5.97. The molecule has 0 spiro atoms. The minimum atomic E-state index is -3.99. The van der Waals surface area contributed by atoms with Crippen molar-refractivity contribution in [3.05, 3.63) is 47.8 Å². The summed E-state index contributed by atoms with van der Waals surface area (Å²) in [6.45, 7) is 8.10. The van der Waals surface area contributed by atoms with Gasteiger partial charge in [-0.25, -0.2) is 18.4 Å². The standard InChI is InChI=1S/C25H35N7O4S/c1-6-20(21-9-7-8-10-36-21)32-24(19-11-16(2)12-26-15-19)29-30-25(32)31-37(33,34)18(4)22(35-5)23-27-13-17(3)14-28-23/h11-15,18,20-22H,6-10H2,1-5H3,(H,30,31)/t18-,20+,21-,22-/m0/s1. The first-order valence-corrected chi connectivity index (χ1v) is 14.1.